The maximum absolute atomic E-state index is 10.5. The van der Waals surface area contributed by atoms with Crippen molar-refractivity contribution in [2.24, 2.45) is 0 Å². The van der Waals surface area contributed by atoms with E-state index in [4.69, 9.17) is 4.55 Å². The molecule has 0 radical (unpaired) electrons. The minimum absolute atomic E-state index is 0.00667. The maximum Gasteiger partial charge on any atom is 0.446 e. The SMILES string of the molecule is O=S(=O)(O)Oc1ccc(C(O)CNC2CCCC2)cc1. The van der Waals surface area contributed by atoms with E-state index in [-0.39, 0.29) is 5.75 Å². The van der Waals surface area contributed by atoms with Crippen molar-refractivity contribution < 1.29 is 22.3 Å². The molecule has 2 rings (SSSR count). The Morgan fingerprint density at radius 1 is 1.25 bits per heavy atom. The summed E-state index contributed by atoms with van der Waals surface area (Å²) < 4.78 is 33.9. The van der Waals surface area contributed by atoms with Gasteiger partial charge in [-0.1, -0.05) is 25.0 Å². The van der Waals surface area contributed by atoms with Gasteiger partial charge in [-0.25, -0.2) is 0 Å². The third-order valence-electron chi connectivity index (χ3n) is 3.42. The number of benzene rings is 1. The summed E-state index contributed by atoms with van der Waals surface area (Å²) in [5.41, 5.74) is 0.665. The van der Waals surface area contributed by atoms with Crippen LogP contribution in [0.2, 0.25) is 0 Å². The number of rotatable bonds is 6. The van der Waals surface area contributed by atoms with Gasteiger partial charge in [-0.3, -0.25) is 4.55 Å². The van der Waals surface area contributed by atoms with Gasteiger partial charge in [0.25, 0.3) is 0 Å². The number of hydrogen-bond donors (Lipinski definition) is 3. The Balaban J connectivity index is 1.88. The van der Waals surface area contributed by atoms with Gasteiger partial charge in [0.15, 0.2) is 0 Å². The van der Waals surface area contributed by atoms with Gasteiger partial charge in [0.2, 0.25) is 0 Å². The summed E-state index contributed by atoms with van der Waals surface area (Å²) in [5, 5.41) is 13.3. The predicted octanol–water partition coefficient (Wildman–Crippen LogP) is 1.43. The highest BCUT2D eigenvalue weighted by Gasteiger charge is 2.16. The molecule has 1 aromatic carbocycles. The second-order valence-electron chi connectivity index (χ2n) is 4.99. The molecule has 1 unspecified atom stereocenters. The van der Waals surface area contributed by atoms with Gasteiger partial charge in [-0.05, 0) is 30.5 Å². The molecule has 7 heteroatoms. The average molecular weight is 301 g/mol. The molecule has 1 aromatic rings. The molecule has 0 bridgehead atoms. The van der Waals surface area contributed by atoms with Crippen LogP contribution in [0.3, 0.4) is 0 Å². The molecule has 0 aromatic heterocycles. The van der Waals surface area contributed by atoms with E-state index in [2.05, 4.69) is 9.50 Å². The number of aliphatic hydroxyl groups excluding tert-OH is 1. The van der Waals surface area contributed by atoms with Gasteiger partial charge in [-0.2, -0.15) is 8.42 Å². The molecule has 0 spiro atoms. The summed E-state index contributed by atoms with van der Waals surface area (Å²) >= 11 is 0. The lowest BCUT2D eigenvalue weighted by Crippen LogP contribution is -2.30. The van der Waals surface area contributed by atoms with E-state index in [0.717, 1.165) is 12.8 Å². The molecule has 0 amide bonds. The molecule has 0 saturated heterocycles. The molecule has 1 saturated carbocycles. The highest BCUT2D eigenvalue weighted by Crippen LogP contribution is 2.21. The van der Waals surface area contributed by atoms with Gasteiger partial charge >= 0.3 is 10.4 Å². The molecule has 1 aliphatic rings. The Labute approximate surface area is 118 Å². The zero-order valence-electron chi connectivity index (χ0n) is 11.0. The van der Waals surface area contributed by atoms with Gasteiger partial charge in [0, 0.05) is 12.6 Å². The van der Waals surface area contributed by atoms with Crippen LogP contribution in [-0.2, 0) is 10.4 Å². The lowest BCUT2D eigenvalue weighted by molar-refractivity contribution is 0.170. The molecule has 0 heterocycles. The van der Waals surface area contributed by atoms with Gasteiger partial charge < -0.3 is 14.6 Å². The highest BCUT2D eigenvalue weighted by atomic mass is 32.3. The second-order valence-corrected chi connectivity index (χ2v) is 6.01. The third kappa shape index (κ3) is 4.75. The standard InChI is InChI=1S/C13H19NO5S/c15-13(9-14-11-3-1-2-4-11)10-5-7-12(8-6-10)19-20(16,17)18/h5-8,11,13-15H,1-4,9H2,(H,16,17,18). The zero-order valence-corrected chi connectivity index (χ0v) is 11.8. The quantitative estimate of drug-likeness (QED) is 0.688. The molecule has 1 fully saturated rings. The van der Waals surface area contributed by atoms with Crippen molar-refractivity contribution >= 4 is 10.4 Å². The first-order valence-corrected chi connectivity index (χ1v) is 7.99. The van der Waals surface area contributed by atoms with E-state index in [0.29, 0.717) is 18.2 Å². The Bertz CT molecular complexity index is 522. The van der Waals surface area contributed by atoms with E-state index in [1.807, 2.05) is 0 Å². The first kappa shape index (κ1) is 15.2. The first-order chi connectivity index (χ1) is 9.44. The largest absolute Gasteiger partial charge is 0.446 e. The molecule has 20 heavy (non-hydrogen) atoms. The predicted molar refractivity (Wildman–Crippen MR) is 73.8 cm³/mol. The van der Waals surface area contributed by atoms with Crippen LogP contribution in [0.25, 0.3) is 0 Å². The van der Waals surface area contributed by atoms with Gasteiger partial charge in [0.05, 0.1) is 6.10 Å². The van der Waals surface area contributed by atoms with E-state index in [1.165, 1.54) is 25.0 Å². The molecule has 6 nitrogen and oxygen atoms in total. The Kier molecular flexibility index (Phi) is 4.98. The van der Waals surface area contributed by atoms with E-state index in [9.17, 15) is 13.5 Å². The molecule has 112 valence electrons. The summed E-state index contributed by atoms with van der Waals surface area (Å²) in [6.07, 6.45) is 4.10. The third-order valence-corrected chi connectivity index (χ3v) is 3.82. The lowest BCUT2D eigenvalue weighted by atomic mass is 10.1. The Morgan fingerprint density at radius 3 is 2.40 bits per heavy atom. The maximum atomic E-state index is 10.5. The monoisotopic (exact) mass is 301 g/mol. The summed E-state index contributed by atoms with van der Waals surface area (Å²) in [7, 11) is -4.51. The Hall–Kier alpha value is -1.15. The minimum Gasteiger partial charge on any atom is -0.387 e. The van der Waals surface area contributed by atoms with Crippen LogP contribution in [-0.4, -0.2) is 30.7 Å². The van der Waals surface area contributed by atoms with E-state index in [1.54, 1.807) is 12.1 Å². The Morgan fingerprint density at radius 2 is 1.85 bits per heavy atom. The van der Waals surface area contributed by atoms with Crippen molar-refractivity contribution in [3.8, 4) is 5.75 Å². The normalized spacial score (nSPS) is 18.1. The van der Waals surface area contributed by atoms with Crippen LogP contribution in [0.4, 0.5) is 0 Å². The van der Waals surface area contributed by atoms with Crippen LogP contribution < -0.4 is 9.50 Å². The summed E-state index contributed by atoms with van der Waals surface area (Å²) in [6, 6.07) is 6.40. The van der Waals surface area contributed by atoms with Crippen LogP contribution in [0.15, 0.2) is 24.3 Å². The fourth-order valence-electron chi connectivity index (χ4n) is 2.39. The van der Waals surface area contributed by atoms with Gasteiger partial charge in [0.1, 0.15) is 5.75 Å². The zero-order chi connectivity index (χ0) is 14.6. The van der Waals surface area contributed by atoms with Crippen LogP contribution in [0.5, 0.6) is 5.75 Å². The van der Waals surface area contributed by atoms with E-state index < -0.39 is 16.5 Å². The number of nitrogens with one attached hydrogen (secondary N) is 1. The average Bonchev–Trinajstić information content (AvgIpc) is 2.88. The molecule has 1 aliphatic carbocycles. The van der Waals surface area contributed by atoms with E-state index >= 15 is 0 Å². The molecule has 0 aliphatic heterocycles. The summed E-state index contributed by atoms with van der Waals surface area (Å²) in [6.45, 7) is 0.461. The minimum atomic E-state index is -4.51. The fraction of sp³-hybridized carbons (Fsp3) is 0.538. The first-order valence-electron chi connectivity index (χ1n) is 6.62. The van der Waals surface area contributed by atoms with Crippen molar-refractivity contribution in [1.29, 1.82) is 0 Å². The number of hydrogen-bond acceptors (Lipinski definition) is 5. The highest BCUT2D eigenvalue weighted by molar-refractivity contribution is 7.81. The van der Waals surface area contributed by atoms with Crippen LogP contribution >= 0.6 is 0 Å². The fourth-order valence-corrected chi connectivity index (χ4v) is 2.75. The molecular weight excluding hydrogens is 282 g/mol. The van der Waals surface area contributed by atoms with Crippen molar-refractivity contribution in [2.45, 2.75) is 37.8 Å². The van der Waals surface area contributed by atoms with Crippen LogP contribution in [0, 0.1) is 0 Å². The number of aliphatic hydroxyl groups is 1. The van der Waals surface area contributed by atoms with Crippen molar-refractivity contribution in [3.05, 3.63) is 29.8 Å². The van der Waals surface area contributed by atoms with Gasteiger partial charge in [-0.15, -0.1) is 0 Å². The lowest BCUT2D eigenvalue weighted by Gasteiger charge is -2.16. The van der Waals surface area contributed by atoms with Crippen molar-refractivity contribution in [3.63, 3.8) is 0 Å². The summed E-state index contributed by atoms with van der Waals surface area (Å²) in [5.74, 6) is 0.00667. The van der Waals surface area contributed by atoms with Crippen molar-refractivity contribution in [2.75, 3.05) is 6.54 Å². The summed E-state index contributed by atoms with van der Waals surface area (Å²) in [4.78, 5) is 0. The van der Waals surface area contributed by atoms with Crippen LogP contribution in [0.1, 0.15) is 37.4 Å². The molecule has 1 atom stereocenters. The van der Waals surface area contributed by atoms with Crippen molar-refractivity contribution in [1.82, 2.24) is 5.32 Å². The topological polar surface area (TPSA) is 95.9 Å². The smallest absolute Gasteiger partial charge is 0.387 e. The molecule has 3 N–H and O–H groups in total. The second kappa shape index (κ2) is 6.53. The molecular formula is C13H19NO5S.